The van der Waals surface area contributed by atoms with Crippen LogP contribution in [0.1, 0.15) is 31.0 Å². The second-order valence-corrected chi connectivity index (χ2v) is 6.14. The van der Waals surface area contributed by atoms with Gasteiger partial charge in [-0.25, -0.2) is 9.78 Å². The fraction of sp³-hybridized carbons (Fsp3) is 0.353. The number of anilines is 1. The minimum absolute atomic E-state index is 0.00818. The highest BCUT2D eigenvalue weighted by Gasteiger charge is 2.19. The summed E-state index contributed by atoms with van der Waals surface area (Å²) in [6.45, 7) is 4.53. The lowest BCUT2D eigenvalue weighted by atomic mass is 10.0. The van der Waals surface area contributed by atoms with Gasteiger partial charge in [-0.2, -0.15) is 0 Å². The van der Waals surface area contributed by atoms with Crippen LogP contribution >= 0.6 is 0 Å². The monoisotopic (exact) mass is 327 g/mol. The van der Waals surface area contributed by atoms with E-state index in [1.165, 1.54) is 0 Å². The van der Waals surface area contributed by atoms with Crippen LogP contribution in [0, 0.1) is 0 Å². The Morgan fingerprint density at radius 3 is 2.96 bits per heavy atom. The zero-order valence-electron chi connectivity index (χ0n) is 13.7. The van der Waals surface area contributed by atoms with Crippen molar-refractivity contribution in [2.24, 2.45) is 0 Å². The lowest BCUT2D eigenvalue weighted by Crippen LogP contribution is -2.43. The van der Waals surface area contributed by atoms with Crippen LogP contribution in [-0.2, 0) is 17.8 Å². The summed E-state index contributed by atoms with van der Waals surface area (Å²) < 4.78 is 1.92. The fourth-order valence-electron chi connectivity index (χ4n) is 2.82. The maximum absolute atomic E-state index is 12.1. The van der Waals surface area contributed by atoms with Crippen LogP contribution in [0.15, 0.2) is 36.9 Å². The lowest BCUT2D eigenvalue weighted by molar-refractivity contribution is -0.115. The van der Waals surface area contributed by atoms with Crippen molar-refractivity contribution in [3.63, 3.8) is 0 Å². The first-order valence-corrected chi connectivity index (χ1v) is 7.96. The van der Waals surface area contributed by atoms with E-state index in [0.717, 1.165) is 16.8 Å². The maximum Gasteiger partial charge on any atom is 0.315 e. The molecule has 0 fully saturated rings. The van der Waals surface area contributed by atoms with E-state index in [2.05, 4.69) is 20.9 Å². The minimum atomic E-state index is -0.218. The Bertz CT molecular complexity index is 741. The molecule has 0 radical (unpaired) electrons. The molecule has 2 aromatic rings. The van der Waals surface area contributed by atoms with E-state index < -0.39 is 0 Å². The number of hydrogen-bond donors (Lipinski definition) is 3. The predicted octanol–water partition coefficient (Wildman–Crippen LogP) is 1.83. The Kier molecular flexibility index (Phi) is 4.50. The van der Waals surface area contributed by atoms with Gasteiger partial charge in [-0.15, -0.1) is 0 Å². The molecule has 0 saturated heterocycles. The van der Waals surface area contributed by atoms with Crippen molar-refractivity contribution in [1.82, 2.24) is 20.2 Å². The van der Waals surface area contributed by atoms with Gasteiger partial charge in [-0.05, 0) is 31.0 Å². The van der Waals surface area contributed by atoms with Gasteiger partial charge in [0.1, 0.15) is 0 Å². The largest absolute Gasteiger partial charge is 0.335 e. The molecule has 1 aliphatic heterocycles. The zero-order valence-corrected chi connectivity index (χ0v) is 13.7. The molecule has 0 spiro atoms. The molecule has 7 heteroatoms. The number of urea groups is 1. The first kappa shape index (κ1) is 16.0. The molecular weight excluding hydrogens is 306 g/mol. The molecule has 3 N–H and O–H groups in total. The average Bonchev–Trinajstić information content (AvgIpc) is 3.13. The molecule has 0 bridgehead atoms. The number of rotatable bonds is 5. The summed E-state index contributed by atoms with van der Waals surface area (Å²) in [6, 6.07) is 5.38. The number of hydrogen-bond acceptors (Lipinski definition) is 3. The number of carbonyl (C=O) groups excluding carboxylic acids is 2. The molecule has 1 aromatic heterocycles. The van der Waals surface area contributed by atoms with E-state index in [-0.39, 0.29) is 24.0 Å². The van der Waals surface area contributed by atoms with E-state index >= 15 is 0 Å². The summed E-state index contributed by atoms with van der Waals surface area (Å²) >= 11 is 0. The van der Waals surface area contributed by atoms with Gasteiger partial charge in [0.15, 0.2) is 0 Å². The molecule has 0 aliphatic carbocycles. The Balaban J connectivity index is 1.54. The third-order valence-electron chi connectivity index (χ3n) is 4.02. The lowest BCUT2D eigenvalue weighted by Gasteiger charge is -2.19. The van der Waals surface area contributed by atoms with E-state index in [0.29, 0.717) is 13.0 Å². The third kappa shape index (κ3) is 3.73. The summed E-state index contributed by atoms with van der Waals surface area (Å²) in [5.41, 5.74) is 2.80. The SMILES string of the molecule is C[C@@H](Cn1ccnc1)NC(=O)N[C@H](C)c1ccc2c(c1)CC(=O)N2. The number of nitrogens with zero attached hydrogens (tertiary/aromatic N) is 2. The normalized spacial score (nSPS) is 15.3. The summed E-state index contributed by atoms with van der Waals surface area (Å²) in [4.78, 5) is 27.5. The van der Waals surface area contributed by atoms with E-state index in [9.17, 15) is 9.59 Å². The second kappa shape index (κ2) is 6.74. The van der Waals surface area contributed by atoms with Crippen LogP contribution in [-0.4, -0.2) is 27.5 Å². The number of fused-ring (bicyclic) bond motifs is 1. The number of aromatic nitrogens is 2. The Morgan fingerprint density at radius 1 is 1.38 bits per heavy atom. The van der Waals surface area contributed by atoms with Crippen LogP contribution in [0.5, 0.6) is 0 Å². The first-order chi connectivity index (χ1) is 11.5. The van der Waals surface area contributed by atoms with Crippen molar-refractivity contribution >= 4 is 17.6 Å². The average molecular weight is 327 g/mol. The number of carbonyl (C=O) groups is 2. The Labute approximate surface area is 140 Å². The number of nitrogens with one attached hydrogen (secondary N) is 3. The molecule has 1 aliphatic rings. The van der Waals surface area contributed by atoms with Crippen molar-refractivity contribution < 1.29 is 9.59 Å². The predicted molar refractivity (Wildman–Crippen MR) is 90.5 cm³/mol. The highest BCUT2D eigenvalue weighted by atomic mass is 16.2. The molecule has 3 amide bonds. The van der Waals surface area contributed by atoms with Crippen LogP contribution in [0.2, 0.25) is 0 Å². The zero-order chi connectivity index (χ0) is 17.1. The second-order valence-electron chi connectivity index (χ2n) is 6.14. The Morgan fingerprint density at radius 2 is 2.21 bits per heavy atom. The van der Waals surface area contributed by atoms with Crippen LogP contribution in [0.25, 0.3) is 0 Å². The highest BCUT2D eigenvalue weighted by molar-refractivity contribution is 5.99. The minimum Gasteiger partial charge on any atom is -0.335 e. The molecule has 0 unspecified atom stereocenters. The molecule has 0 saturated carbocycles. The standard InChI is InChI=1S/C17H21N5O2/c1-11(9-22-6-5-18-10-22)19-17(24)20-12(2)13-3-4-15-14(7-13)8-16(23)21-15/h3-7,10-12H,8-9H2,1-2H3,(H,21,23)(H2,19,20,24)/t11-,12+/m0/s1. The highest BCUT2D eigenvalue weighted by Crippen LogP contribution is 2.26. The van der Waals surface area contributed by atoms with E-state index in [1.54, 1.807) is 12.5 Å². The van der Waals surface area contributed by atoms with Gasteiger partial charge in [-0.1, -0.05) is 12.1 Å². The smallest absolute Gasteiger partial charge is 0.315 e. The summed E-state index contributed by atoms with van der Waals surface area (Å²) in [5.74, 6) is 0.00818. The van der Waals surface area contributed by atoms with Crippen molar-refractivity contribution in [2.45, 2.75) is 38.9 Å². The van der Waals surface area contributed by atoms with Crippen LogP contribution in [0.3, 0.4) is 0 Å². The van der Waals surface area contributed by atoms with Crippen molar-refractivity contribution in [1.29, 1.82) is 0 Å². The molecule has 126 valence electrons. The van der Waals surface area contributed by atoms with Gasteiger partial charge in [0.05, 0.1) is 18.8 Å². The van der Waals surface area contributed by atoms with Crippen LogP contribution in [0.4, 0.5) is 10.5 Å². The molecule has 3 rings (SSSR count). The van der Waals surface area contributed by atoms with Crippen LogP contribution < -0.4 is 16.0 Å². The molecule has 1 aromatic carbocycles. The maximum atomic E-state index is 12.1. The number of benzene rings is 1. The van der Waals surface area contributed by atoms with Crippen molar-refractivity contribution in [3.05, 3.63) is 48.0 Å². The molecule has 2 heterocycles. The Hall–Kier alpha value is -2.83. The van der Waals surface area contributed by atoms with Gasteiger partial charge in [-0.3, -0.25) is 4.79 Å². The molecular formula is C17H21N5O2. The summed E-state index contributed by atoms with van der Waals surface area (Å²) in [5, 5.41) is 8.65. The number of amides is 3. The molecule has 7 nitrogen and oxygen atoms in total. The van der Waals surface area contributed by atoms with Gasteiger partial charge < -0.3 is 20.5 Å². The van der Waals surface area contributed by atoms with Crippen molar-refractivity contribution in [2.75, 3.05) is 5.32 Å². The van der Waals surface area contributed by atoms with Gasteiger partial charge in [0.2, 0.25) is 5.91 Å². The van der Waals surface area contributed by atoms with Crippen molar-refractivity contribution in [3.8, 4) is 0 Å². The van der Waals surface area contributed by atoms with Gasteiger partial charge in [0.25, 0.3) is 0 Å². The first-order valence-electron chi connectivity index (χ1n) is 7.96. The van der Waals surface area contributed by atoms with Gasteiger partial charge in [0, 0.05) is 30.7 Å². The van der Waals surface area contributed by atoms with E-state index in [1.807, 2.05) is 42.8 Å². The quantitative estimate of drug-likeness (QED) is 0.783. The topological polar surface area (TPSA) is 88.1 Å². The number of imidazole rings is 1. The molecule has 24 heavy (non-hydrogen) atoms. The summed E-state index contributed by atoms with van der Waals surface area (Å²) in [7, 11) is 0. The fourth-order valence-corrected chi connectivity index (χ4v) is 2.82. The van der Waals surface area contributed by atoms with Gasteiger partial charge >= 0.3 is 6.03 Å². The third-order valence-corrected chi connectivity index (χ3v) is 4.02. The summed E-state index contributed by atoms with van der Waals surface area (Å²) in [6.07, 6.45) is 5.68. The van der Waals surface area contributed by atoms with E-state index in [4.69, 9.17) is 0 Å². The molecule has 2 atom stereocenters.